The fourth-order valence-electron chi connectivity index (χ4n) is 1.07. The molecule has 0 spiro atoms. The molecule has 0 aliphatic rings. The number of hydrogen-bond acceptors (Lipinski definition) is 3. The summed E-state index contributed by atoms with van der Waals surface area (Å²) in [6, 6.07) is 1.75. The van der Waals surface area contributed by atoms with Crippen LogP contribution in [-0.4, -0.2) is 27.8 Å². The van der Waals surface area contributed by atoms with E-state index in [0.717, 1.165) is 5.69 Å². The van der Waals surface area contributed by atoms with Gasteiger partial charge >= 0.3 is 0 Å². The first-order chi connectivity index (χ1) is 6.79. The molecule has 15 heavy (non-hydrogen) atoms. The zero-order valence-electron chi connectivity index (χ0n) is 9.66. The number of nitrogens with two attached hydrogens (primary N) is 1. The SMILES string of the molecule is Cc1cc(C(=O)NCC(C)(C)N)nn1C. The molecular weight excluding hydrogens is 192 g/mol. The summed E-state index contributed by atoms with van der Waals surface area (Å²) in [5.41, 5.74) is 6.73. The quantitative estimate of drug-likeness (QED) is 0.748. The molecule has 1 rings (SSSR count). The van der Waals surface area contributed by atoms with Gasteiger partial charge < -0.3 is 11.1 Å². The van der Waals surface area contributed by atoms with Crippen molar-refractivity contribution >= 4 is 5.91 Å². The maximum absolute atomic E-state index is 11.6. The summed E-state index contributed by atoms with van der Waals surface area (Å²) in [4.78, 5) is 11.6. The van der Waals surface area contributed by atoms with Gasteiger partial charge in [-0.1, -0.05) is 0 Å². The zero-order valence-corrected chi connectivity index (χ0v) is 9.66. The Morgan fingerprint density at radius 2 is 2.27 bits per heavy atom. The number of carbonyl (C=O) groups excluding carboxylic acids is 1. The van der Waals surface area contributed by atoms with E-state index in [2.05, 4.69) is 10.4 Å². The van der Waals surface area contributed by atoms with Crippen LogP contribution in [0.2, 0.25) is 0 Å². The summed E-state index contributed by atoms with van der Waals surface area (Å²) in [7, 11) is 1.80. The minimum Gasteiger partial charge on any atom is -0.349 e. The van der Waals surface area contributed by atoms with E-state index in [1.165, 1.54) is 0 Å². The average Bonchev–Trinajstić information content (AvgIpc) is 2.42. The number of aryl methyl sites for hydroxylation is 2. The largest absolute Gasteiger partial charge is 0.349 e. The van der Waals surface area contributed by atoms with Gasteiger partial charge in [0.05, 0.1) is 0 Å². The molecular formula is C10H18N4O. The normalized spacial score (nSPS) is 11.5. The van der Waals surface area contributed by atoms with Crippen LogP contribution >= 0.6 is 0 Å². The van der Waals surface area contributed by atoms with Gasteiger partial charge in [-0.2, -0.15) is 5.10 Å². The smallest absolute Gasteiger partial charge is 0.271 e. The molecule has 1 aromatic rings. The first-order valence-corrected chi connectivity index (χ1v) is 4.87. The van der Waals surface area contributed by atoms with Crippen molar-refractivity contribution in [1.82, 2.24) is 15.1 Å². The maximum atomic E-state index is 11.6. The van der Waals surface area contributed by atoms with Crippen LogP contribution in [0.15, 0.2) is 6.07 Å². The number of amides is 1. The van der Waals surface area contributed by atoms with Gasteiger partial charge in [-0.25, -0.2) is 0 Å². The molecule has 5 heteroatoms. The van der Waals surface area contributed by atoms with Gasteiger partial charge in [0.1, 0.15) is 5.69 Å². The molecule has 0 saturated heterocycles. The minimum absolute atomic E-state index is 0.183. The van der Waals surface area contributed by atoms with Crippen molar-refractivity contribution in [2.45, 2.75) is 26.3 Å². The Bertz CT molecular complexity index is 342. The third-order valence-corrected chi connectivity index (χ3v) is 2.05. The lowest BCUT2D eigenvalue weighted by molar-refractivity contribution is 0.0940. The van der Waals surface area contributed by atoms with Crippen molar-refractivity contribution in [3.63, 3.8) is 0 Å². The second-order valence-corrected chi connectivity index (χ2v) is 4.47. The molecule has 3 N–H and O–H groups in total. The molecule has 84 valence electrons. The van der Waals surface area contributed by atoms with E-state index in [-0.39, 0.29) is 5.91 Å². The van der Waals surface area contributed by atoms with Crippen LogP contribution in [0.5, 0.6) is 0 Å². The van der Waals surface area contributed by atoms with Crippen LogP contribution in [0.3, 0.4) is 0 Å². The highest BCUT2D eigenvalue weighted by Gasteiger charge is 2.15. The van der Waals surface area contributed by atoms with Crippen molar-refractivity contribution in [2.75, 3.05) is 6.54 Å². The summed E-state index contributed by atoms with van der Waals surface area (Å²) < 4.78 is 1.67. The van der Waals surface area contributed by atoms with E-state index < -0.39 is 5.54 Å². The van der Waals surface area contributed by atoms with Crippen LogP contribution in [-0.2, 0) is 7.05 Å². The minimum atomic E-state index is -0.403. The van der Waals surface area contributed by atoms with Gasteiger partial charge in [0.25, 0.3) is 5.91 Å². The van der Waals surface area contributed by atoms with Crippen molar-refractivity contribution in [3.8, 4) is 0 Å². The Morgan fingerprint density at radius 1 is 1.67 bits per heavy atom. The van der Waals surface area contributed by atoms with Gasteiger partial charge in [0, 0.05) is 24.8 Å². The van der Waals surface area contributed by atoms with Gasteiger partial charge in [-0.3, -0.25) is 9.48 Å². The van der Waals surface area contributed by atoms with Gasteiger partial charge in [-0.15, -0.1) is 0 Å². The predicted octanol–water partition coefficient (Wildman–Crippen LogP) is 0.196. The molecule has 0 saturated carbocycles. The lowest BCUT2D eigenvalue weighted by atomic mass is 10.1. The molecule has 0 fully saturated rings. The second kappa shape index (κ2) is 4.02. The number of nitrogens with one attached hydrogen (secondary N) is 1. The van der Waals surface area contributed by atoms with Crippen molar-refractivity contribution in [3.05, 3.63) is 17.5 Å². The third kappa shape index (κ3) is 3.36. The van der Waals surface area contributed by atoms with E-state index in [4.69, 9.17) is 5.73 Å². The molecule has 5 nitrogen and oxygen atoms in total. The standard InChI is InChI=1S/C10H18N4O/c1-7-5-8(13-14(7)4)9(15)12-6-10(2,3)11/h5H,6,11H2,1-4H3,(H,12,15). The Labute approximate surface area is 89.6 Å². The first kappa shape index (κ1) is 11.7. The maximum Gasteiger partial charge on any atom is 0.271 e. The van der Waals surface area contributed by atoms with E-state index in [1.807, 2.05) is 20.8 Å². The topological polar surface area (TPSA) is 72.9 Å². The predicted molar refractivity (Wildman–Crippen MR) is 58.5 cm³/mol. The lowest BCUT2D eigenvalue weighted by Gasteiger charge is -2.18. The summed E-state index contributed by atoms with van der Waals surface area (Å²) in [6.07, 6.45) is 0. The molecule has 0 radical (unpaired) electrons. The molecule has 0 unspecified atom stereocenters. The van der Waals surface area contributed by atoms with Crippen LogP contribution in [0, 0.1) is 6.92 Å². The fourth-order valence-corrected chi connectivity index (χ4v) is 1.07. The molecule has 1 amide bonds. The molecule has 0 aliphatic heterocycles. The van der Waals surface area contributed by atoms with Crippen LogP contribution in [0.4, 0.5) is 0 Å². The lowest BCUT2D eigenvalue weighted by Crippen LogP contribution is -2.45. The first-order valence-electron chi connectivity index (χ1n) is 4.87. The third-order valence-electron chi connectivity index (χ3n) is 2.05. The van der Waals surface area contributed by atoms with E-state index in [0.29, 0.717) is 12.2 Å². The zero-order chi connectivity index (χ0) is 11.6. The van der Waals surface area contributed by atoms with Crippen LogP contribution in [0.1, 0.15) is 30.0 Å². The van der Waals surface area contributed by atoms with Gasteiger partial charge in [0.2, 0.25) is 0 Å². The summed E-state index contributed by atoms with van der Waals surface area (Å²) >= 11 is 0. The molecule has 0 aliphatic carbocycles. The van der Waals surface area contributed by atoms with Gasteiger partial charge in [-0.05, 0) is 26.8 Å². The van der Waals surface area contributed by atoms with E-state index >= 15 is 0 Å². The molecule has 0 bridgehead atoms. The molecule has 0 aromatic carbocycles. The number of nitrogens with zero attached hydrogens (tertiary/aromatic N) is 2. The Balaban J connectivity index is 2.62. The van der Waals surface area contributed by atoms with Crippen molar-refractivity contribution in [1.29, 1.82) is 0 Å². The number of hydrogen-bond donors (Lipinski definition) is 2. The Kier molecular flexibility index (Phi) is 3.14. The van der Waals surface area contributed by atoms with Crippen LogP contribution in [0.25, 0.3) is 0 Å². The van der Waals surface area contributed by atoms with Crippen LogP contribution < -0.4 is 11.1 Å². The highest BCUT2D eigenvalue weighted by molar-refractivity contribution is 5.92. The highest BCUT2D eigenvalue weighted by Crippen LogP contribution is 2.01. The van der Waals surface area contributed by atoms with Crippen molar-refractivity contribution < 1.29 is 4.79 Å². The second-order valence-electron chi connectivity index (χ2n) is 4.47. The van der Waals surface area contributed by atoms with E-state index in [1.54, 1.807) is 17.8 Å². The number of rotatable bonds is 3. The monoisotopic (exact) mass is 210 g/mol. The Morgan fingerprint density at radius 3 is 2.67 bits per heavy atom. The molecule has 0 atom stereocenters. The van der Waals surface area contributed by atoms with Crippen molar-refractivity contribution in [2.24, 2.45) is 12.8 Å². The Hall–Kier alpha value is -1.36. The number of carbonyl (C=O) groups is 1. The summed E-state index contributed by atoms with van der Waals surface area (Å²) in [5.74, 6) is -0.183. The number of aromatic nitrogens is 2. The average molecular weight is 210 g/mol. The summed E-state index contributed by atoms with van der Waals surface area (Å²) in [5, 5.41) is 6.81. The van der Waals surface area contributed by atoms with E-state index in [9.17, 15) is 4.79 Å². The molecule has 1 aromatic heterocycles. The highest BCUT2D eigenvalue weighted by atomic mass is 16.1. The fraction of sp³-hybridized carbons (Fsp3) is 0.600. The van der Waals surface area contributed by atoms with Gasteiger partial charge in [0.15, 0.2) is 0 Å². The molecule has 1 heterocycles. The summed E-state index contributed by atoms with van der Waals surface area (Å²) in [6.45, 7) is 6.05.